The Kier molecular flexibility index (Phi) is 6.32. The molecule has 1 aliphatic heterocycles. The van der Waals surface area contributed by atoms with Crippen LogP contribution in [0.5, 0.6) is 17.2 Å². The predicted octanol–water partition coefficient (Wildman–Crippen LogP) is 2.79. The largest absolute Gasteiger partial charge is 0.493 e. The van der Waals surface area contributed by atoms with Gasteiger partial charge in [0.1, 0.15) is 0 Å². The summed E-state index contributed by atoms with van der Waals surface area (Å²) in [6.07, 6.45) is 0.775. The second kappa shape index (κ2) is 8.73. The number of carbonyl (C=O) groups is 1. The van der Waals surface area contributed by atoms with Crippen LogP contribution in [0.4, 0.5) is 0 Å². The number of piperidine rings is 1. The van der Waals surface area contributed by atoms with Gasteiger partial charge in [-0.05, 0) is 37.1 Å². The van der Waals surface area contributed by atoms with Crippen molar-refractivity contribution in [2.24, 2.45) is 0 Å². The van der Waals surface area contributed by atoms with E-state index in [1.165, 1.54) is 21.3 Å². The van der Waals surface area contributed by atoms with Crippen LogP contribution in [0.25, 0.3) is 0 Å². The Hall–Kier alpha value is -2.74. The molecule has 0 aliphatic carbocycles. The van der Waals surface area contributed by atoms with Crippen LogP contribution < -0.4 is 14.2 Å². The van der Waals surface area contributed by atoms with Gasteiger partial charge in [-0.2, -0.15) is 0 Å². The van der Waals surface area contributed by atoms with E-state index in [-0.39, 0.29) is 5.91 Å². The van der Waals surface area contributed by atoms with E-state index in [1.807, 2.05) is 0 Å². The number of nitrogens with zero attached hydrogens (tertiary/aromatic N) is 1. The minimum Gasteiger partial charge on any atom is -0.493 e. The Labute approximate surface area is 171 Å². The lowest BCUT2D eigenvalue weighted by Crippen LogP contribution is -2.42. The molecule has 0 atom stereocenters. The number of carbonyl (C=O) groups excluding carboxylic acids is 1. The summed E-state index contributed by atoms with van der Waals surface area (Å²) in [7, 11) is 1.05. The van der Waals surface area contributed by atoms with E-state index in [4.69, 9.17) is 14.2 Å². The van der Waals surface area contributed by atoms with E-state index in [9.17, 15) is 13.2 Å². The van der Waals surface area contributed by atoms with Crippen LogP contribution in [0.1, 0.15) is 23.2 Å². The van der Waals surface area contributed by atoms with Gasteiger partial charge < -0.3 is 19.1 Å². The van der Waals surface area contributed by atoms with Gasteiger partial charge in [-0.15, -0.1) is 0 Å². The van der Waals surface area contributed by atoms with Crippen LogP contribution in [0.3, 0.4) is 0 Å². The fourth-order valence-electron chi connectivity index (χ4n) is 3.61. The summed E-state index contributed by atoms with van der Waals surface area (Å²) in [5, 5.41) is -0.499. The standard InChI is InChI=1S/C21H25NO6S/c1-26-18-10-9-17(19(27-2)20(18)28-3)21(23)22-13-11-16(12-14-22)29(24,25)15-7-5-4-6-8-15/h4-10,16H,11-14H2,1-3H3. The van der Waals surface area contributed by atoms with Crippen LogP contribution >= 0.6 is 0 Å². The number of sulfone groups is 1. The maximum absolute atomic E-state index is 13.1. The summed E-state index contributed by atoms with van der Waals surface area (Å²) in [6.45, 7) is 0.708. The molecule has 2 aromatic rings. The van der Waals surface area contributed by atoms with Crippen molar-refractivity contribution in [2.45, 2.75) is 23.0 Å². The highest BCUT2D eigenvalue weighted by Gasteiger charge is 2.34. The summed E-state index contributed by atoms with van der Waals surface area (Å²) < 4.78 is 41.7. The molecule has 1 saturated heterocycles. The number of amides is 1. The highest BCUT2D eigenvalue weighted by molar-refractivity contribution is 7.92. The molecule has 0 aromatic heterocycles. The van der Waals surface area contributed by atoms with Crippen molar-refractivity contribution < 1.29 is 27.4 Å². The van der Waals surface area contributed by atoms with Crippen LogP contribution in [0, 0.1) is 0 Å². The summed E-state index contributed by atoms with van der Waals surface area (Å²) in [5.41, 5.74) is 0.356. The van der Waals surface area contributed by atoms with Gasteiger partial charge in [-0.25, -0.2) is 8.42 Å². The maximum atomic E-state index is 13.1. The Morgan fingerprint density at radius 3 is 2.07 bits per heavy atom. The highest BCUT2D eigenvalue weighted by Crippen LogP contribution is 2.40. The number of methoxy groups -OCH3 is 3. The zero-order chi connectivity index (χ0) is 21.0. The normalized spacial score (nSPS) is 15.1. The zero-order valence-electron chi connectivity index (χ0n) is 16.8. The third-order valence-electron chi connectivity index (χ3n) is 5.17. The molecule has 8 heteroatoms. The smallest absolute Gasteiger partial charge is 0.257 e. The molecule has 3 rings (SSSR count). The molecular formula is C21H25NO6S. The number of likely N-dealkylation sites (tertiary alicyclic amines) is 1. The fraction of sp³-hybridized carbons (Fsp3) is 0.381. The number of ether oxygens (including phenoxy) is 3. The first-order valence-electron chi connectivity index (χ1n) is 9.31. The number of rotatable bonds is 6. The molecule has 2 aromatic carbocycles. The van der Waals surface area contributed by atoms with Gasteiger partial charge in [-0.3, -0.25) is 4.79 Å². The van der Waals surface area contributed by atoms with Gasteiger partial charge in [0.05, 0.1) is 37.0 Å². The van der Waals surface area contributed by atoms with Crippen LogP contribution in [0.15, 0.2) is 47.4 Å². The first-order chi connectivity index (χ1) is 13.9. The lowest BCUT2D eigenvalue weighted by molar-refractivity contribution is 0.0721. The summed E-state index contributed by atoms with van der Waals surface area (Å²) in [6, 6.07) is 11.7. The minimum atomic E-state index is -3.41. The second-order valence-electron chi connectivity index (χ2n) is 6.73. The van der Waals surface area contributed by atoms with Crippen LogP contribution in [-0.2, 0) is 9.84 Å². The van der Waals surface area contributed by atoms with E-state index in [1.54, 1.807) is 47.4 Å². The van der Waals surface area contributed by atoms with Gasteiger partial charge in [0.15, 0.2) is 21.3 Å². The molecule has 1 fully saturated rings. The van der Waals surface area contributed by atoms with E-state index < -0.39 is 15.1 Å². The molecular weight excluding hydrogens is 394 g/mol. The van der Waals surface area contributed by atoms with Crippen molar-refractivity contribution in [2.75, 3.05) is 34.4 Å². The van der Waals surface area contributed by atoms with Crippen molar-refractivity contribution in [1.82, 2.24) is 4.90 Å². The fourth-order valence-corrected chi connectivity index (χ4v) is 5.36. The number of hydrogen-bond donors (Lipinski definition) is 0. The van der Waals surface area contributed by atoms with Gasteiger partial charge in [-0.1, -0.05) is 18.2 Å². The van der Waals surface area contributed by atoms with Crippen LogP contribution in [-0.4, -0.2) is 58.9 Å². The lowest BCUT2D eigenvalue weighted by Gasteiger charge is -2.32. The lowest BCUT2D eigenvalue weighted by atomic mass is 10.1. The van der Waals surface area contributed by atoms with Crippen molar-refractivity contribution in [3.63, 3.8) is 0 Å². The Morgan fingerprint density at radius 2 is 1.52 bits per heavy atom. The first kappa shape index (κ1) is 21.0. The minimum absolute atomic E-state index is 0.224. The van der Waals surface area contributed by atoms with E-state index in [0.717, 1.165) is 0 Å². The molecule has 0 unspecified atom stereocenters. The Bertz CT molecular complexity index is 966. The highest BCUT2D eigenvalue weighted by atomic mass is 32.2. The molecule has 0 N–H and O–H groups in total. The predicted molar refractivity (Wildman–Crippen MR) is 109 cm³/mol. The van der Waals surface area contributed by atoms with E-state index in [2.05, 4.69) is 0 Å². The average molecular weight is 419 g/mol. The van der Waals surface area contributed by atoms with Crippen molar-refractivity contribution in [1.29, 1.82) is 0 Å². The maximum Gasteiger partial charge on any atom is 0.257 e. The molecule has 7 nitrogen and oxygen atoms in total. The Morgan fingerprint density at radius 1 is 0.897 bits per heavy atom. The third kappa shape index (κ3) is 4.03. The summed E-state index contributed by atoms with van der Waals surface area (Å²) in [4.78, 5) is 15.1. The first-order valence-corrected chi connectivity index (χ1v) is 10.9. The monoisotopic (exact) mass is 419 g/mol. The van der Waals surface area contributed by atoms with Crippen molar-refractivity contribution in [3.8, 4) is 17.2 Å². The zero-order valence-corrected chi connectivity index (χ0v) is 17.6. The molecule has 156 valence electrons. The topological polar surface area (TPSA) is 82.1 Å². The quantitative estimate of drug-likeness (QED) is 0.716. The van der Waals surface area contributed by atoms with Gasteiger partial charge in [0, 0.05) is 13.1 Å². The molecule has 1 amide bonds. The molecule has 0 bridgehead atoms. The molecule has 0 radical (unpaired) electrons. The van der Waals surface area contributed by atoms with Crippen LogP contribution in [0.2, 0.25) is 0 Å². The molecule has 0 spiro atoms. The molecule has 1 heterocycles. The molecule has 1 aliphatic rings. The van der Waals surface area contributed by atoms with Gasteiger partial charge in [0.2, 0.25) is 5.75 Å². The van der Waals surface area contributed by atoms with Crippen molar-refractivity contribution in [3.05, 3.63) is 48.0 Å². The molecule has 0 saturated carbocycles. The Balaban J connectivity index is 1.77. The molecule has 29 heavy (non-hydrogen) atoms. The average Bonchev–Trinajstić information content (AvgIpc) is 2.78. The van der Waals surface area contributed by atoms with Crippen molar-refractivity contribution >= 4 is 15.7 Å². The second-order valence-corrected chi connectivity index (χ2v) is 8.96. The van der Waals surface area contributed by atoms with E-state index >= 15 is 0 Å². The van der Waals surface area contributed by atoms with E-state index in [0.29, 0.717) is 53.6 Å². The number of benzene rings is 2. The van der Waals surface area contributed by atoms with Gasteiger partial charge in [0.25, 0.3) is 5.91 Å². The SMILES string of the molecule is COc1ccc(C(=O)N2CCC(S(=O)(=O)c3ccccc3)CC2)c(OC)c1OC. The summed E-state index contributed by atoms with van der Waals surface area (Å²) >= 11 is 0. The van der Waals surface area contributed by atoms with Gasteiger partial charge >= 0.3 is 0 Å². The number of hydrogen-bond acceptors (Lipinski definition) is 6. The third-order valence-corrected chi connectivity index (χ3v) is 7.45. The summed E-state index contributed by atoms with van der Waals surface area (Å²) in [5.74, 6) is 0.894.